The minimum absolute atomic E-state index is 0.248. The molecule has 2 heterocycles. The van der Waals surface area contributed by atoms with E-state index in [0.717, 1.165) is 25.9 Å². The lowest BCUT2D eigenvalue weighted by molar-refractivity contribution is 0.0134. The van der Waals surface area contributed by atoms with Crippen LogP contribution in [-0.4, -0.2) is 37.3 Å². The van der Waals surface area contributed by atoms with Crippen molar-refractivity contribution in [1.29, 1.82) is 0 Å². The van der Waals surface area contributed by atoms with Crippen LogP contribution in [0.4, 0.5) is 11.5 Å². The average molecular weight is 279 g/mol. The third-order valence-electron chi connectivity index (χ3n) is 3.35. The van der Waals surface area contributed by atoms with E-state index in [4.69, 9.17) is 10.5 Å². The number of methoxy groups -OCH3 is 1. The highest BCUT2D eigenvalue weighted by Crippen LogP contribution is 2.18. The van der Waals surface area contributed by atoms with Gasteiger partial charge >= 0.3 is 5.97 Å². The molecular formula is C14H21N3O3. The van der Waals surface area contributed by atoms with Gasteiger partial charge in [-0.15, -0.1) is 0 Å². The molecule has 0 radical (unpaired) electrons. The van der Waals surface area contributed by atoms with Crippen LogP contribution < -0.4 is 11.1 Å². The van der Waals surface area contributed by atoms with Gasteiger partial charge in [0.15, 0.2) is 5.69 Å². The number of carbonyl (C=O) groups excluding carboxylic acids is 1. The highest BCUT2D eigenvalue weighted by atomic mass is 16.5. The molecule has 3 N–H and O–H groups in total. The van der Waals surface area contributed by atoms with Crippen molar-refractivity contribution in [1.82, 2.24) is 4.98 Å². The van der Waals surface area contributed by atoms with Crippen LogP contribution in [0.15, 0.2) is 12.1 Å². The molecule has 2 rings (SSSR count). The van der Waals surface area contributed by atoms with Gasteiger partial charge in [0.25, 0.3) is 0 Å². The van der Waals surface area contributed by atoms with Crippen molar-refractivity contribution in [3.8, 4) is 0 Å². The van der Waals surface area contributed by atoms with Crippen molar-refractivity contribution < 1.29 is 14.3 Å². The molecule has 1 aromatic heterocycles. The fourth-order valence-corrected chi connectivity index (χ4v) is 2.22. The first-order chi connectivity index (χ1) is 9.70. The fraction of sp³-hybridized carbons (Fsp3) is 0.571. The molecule has 0 amide bonds. The molecule has 1 aliphatic heterocycles. The van der Waals surface area contributed by atoms with E-state index in [9.17, 15) is 4.79 Å². The lowest BCUT2D eigenvalue weighted by atomic mass is 10.1. The summed E-state index contributed by atoms with van der Waals surface area (Å²) in [6.07, 6.45) is 4.69. The van der Waals surface area contributed by atoms with Gasteiger partial charge in [-0.3, -0.25) is 0 Å². The van der Waals surface area contributed by atoms with Crippen LogP contribution in [0.3, 0.4) is 0 Å². The van der Waals surface area contributed by atoms with Crippen molar-refractivity contribution in [2.45, 2.75) is 31.8 Å². The number of ether oxygens (including phenoxy) is 2. The Morgan fingerprint density at radius 2 is 2.40 bits per heavy atom. The topological polar surface area (TPSA) is 86.5 Å². The Labute approximate surface area is 118 Å². The Morgan fingerprint density at radius 3 is 3.10 bits per heavy atom. The second-order valence-electron chi connectivity index (χ2n) is 4.83. The first-order valence-electron chi connectivity index (χ1n) is 6.91. The predicted octanol–water partition coefficient (Wildman–Crippen LogP) is 1.82. The highest BCUT2D eigenvalue weighted by molar-refractivity contribution is 5.88. The molecule has 1 unspecified atom stereocenters. The number of nitrogens with zero attached hydrogens (tertiary/aromatic N) is 1. The molecule has 1 atom stereocenters. The maximum atomic E-state index is 11.4. The lowest BCUT2D eigenvalue weighted by Gasteiger charge is -2.22. The van der Waals surface area contributed by atoms with Gasteiger partial charge in [-0.05, 0) is 37.8 Å². The van der Waals surface area contributed by atoms with E-state index in [1.165, 1.54) is 13.5 Å². The Morgan fingerprint density at radius 1 is 1.55 bits per heavy atom. The first kappa shape index (κ1) is 14.6. The Hall–Kier alpha value is -1.82. The Balaban J connectivity index is 1.89. The molecule has 0 saturated carbocycles. The molecule has 6 nitrogen and oxygen atoms in total. The minimum Gasteiger partial charge on any atom is -0.464 e. The molecule has 20 heavy (non-hydrogen) atoms. The normalized spacial score (nSPS) is 18.6. The zero-order valence-electron chi connectivity index (χ0n) is 11.7. The molecule has 1 saturated heterocycles. The van der Waals surface area contributed by atoms with Gasteiger partial charge in [-0.2, -0.15) is 0 Å². The van der Waals surface area contributed by atoms with Crippen molar-refractivity contribution >= 4 is 17.5 Å². The number of nitrogens with one attached hydrogen (secondary N) is 1. The summed E-state index contributed by atoms with van der Waals surface area (Å²) in [5, 5.41) is 3.16. The summed E-state index contributed by atoms with van der Waals surface area (Å²) < 4.78 is 10.3. The zero-order valence-corrected chi connectivity index (χ0v) is 11.7. The smallest absolute Gasteiger partial charge is 0.356 e. The Kier molecular flexibility index (Phi) is 5.17. The van der Waals surface area contributed by atoms with Crippen LogP contribution in [0.5, 0.6) is 0 Å². The molecule has 0 bridgehead atoms. The van der Waals surface area contributed by atoms with Crippen LogP contribution in [0.2, 0.25) is 0 Å². The number of esters is 1. The SMILES string of the molecule is COC(=O)c1ccc(N)c(NCCC2CCCCO2)n1. The van der Waals surface area contributed by atoms with Gasteiger partial charge in [0.1, 0.15) is 5.82 Å². The van der Waals surface area contributed by atoms with Crippen LogP contribution in [-0.2, 0) is 9.47 Å². The number of nitrogen functional groups attached to an aromatic ring is 1. The summed E-state index contributed by atoms with van der Waals surface area (Å²) in [4.78, 5) is 15.6. The van der Waals surface area contributed by atoms with Crippen LogP contribution >= 0.6 is 0 Å². The number of anilines is 2. The van der Waals surface area contributed by atoms with E-state index in [1.54, 1.807) is 12.1 Å². The molecule has 110 valence electrons. The number of nitrogens with two attached hydrogens (primary N) is 1. The van der Waals surface area contributed by atoms with E-state index >= 15 is 0 Å². The Bertz CT molecular complexity index is 459. The highest BCUT2D eigenvalue weighted by Gasteiger charge is 2.14. The van der Waals surface area contributed by atoms with E-state index in [-0.39, 0.29) is 5.69 Å². The molecule has 1 aliphatic rings. The lowest BCUT2D eigenvalue weighted by Crippen LogP contribution is -2.22. The summed E-state index contributed by atoms with van der Waals surface area (Å²) in [5.74, 6) is 0.0485. The van der Waals surface area contributed by atoms with Gasteiger partial charge < -0.3 is 20.5 Å². The van der Waals surface area contributed by atoms with Gasteiger partial charge in [-0.25, -0.2) is 9.78 Å². The number of hydrogen-bond donors (Lipinski definition) is 2. The van der Waals surface area contributed by atoms with Crippen molar-refractivity contribution in [2.24, 2.45) is 0 Å². The average Bonchev–Trinajstić information content (AvgIpc) is 2.49. The van der Waals surface area contributed by atoms with Crippen LogP contribution in [0.25, 0.3) is 0 Å². The second kappa shape index (κ2) is 7.09. The maximum absolute atomic E-state index is 11.4. The van der Waals surface area contributed by atoms with Gasteiger partial charge in [0.2, 0.25) is 0 Å². The quantitative estimate of drug-likeness (QED) is 0.800. The largest absolute Gasteiger partial charge is 0.464 e. The number of aromatic nitrogens is 1. The number of carbonyl (C=O) groups is 1. The molecule has 1 aromatic rings. The van der Waals surface area contributed by atoms with E-state index < -0.39 is 5.97 Å². The van der Waals surface area contributed by atoms with E-state index in [1.807, 2.05) is 0 Å². The summed E-state index contributed by atoms with van der Waals surface area (Å²) >= 11 is 0. The first-order valence-corrected chi connectivity index (χ1v) is 6.91. The predicted molar refractivity (Wildman–Crippen MR) is 76.7 cm³/mol. The minimum atomic E-state index is -0.469. The number of rotatable bonds is 5. The zero-order chi connectivity index (χ0) is 14.4. The third-order valence-corrected chi connectivity index (χ3v) is 3.35. The summed E-state index contributed by atoms with van der Waals surface area (Å²) in [6, 6.07) is 3.20. The summed E-state index contributed by atoms with van der Waals surface area (Å²) in [7, 11) is 1.33. The second-order valence-corrected chi connectivity index (χ2v) is 4.83. The molecule has 0 aromatic carbocycles. The van der Waals surface area contributed by atoms with Crippen LogP contribution in [0.1, 0.15) is 36.2 Å². The van der Waals surface area contributed by atoms with Crippen molar-refractivity contribution in [3.63, 3.8) is 0 Å². The fourth-order valence-electron chi connectivity index (χ4n) is 2.22. The third kappa shape index (κ3) is 3.84. The molecule has 0 aliphatic carbocycles. The van der Waals surface area contributed by atoms with Crippen LogP contribution in [0, 0.1) is 0 Å². The van der Waals surface area contributed by atoms with E-state index in [0.29, 0.717) is 24.2 Å². The van der Waals surface area contributed by atoms with Crippen molar-refractivity contribution in [3.05, 3.63) is 17.8 Å². The van der Waals surface area contributed by atoms with Gasteiger partial charge in [0.05, 0.1) is 18.9 Å². The monoisotopic (exact) mass is 279 g/mol. The summed E-state index contributed by atoms with van der Waals surface area (Å²) in [5.41, 5.74) is 6.61. The van der Waals surface area contributed by atoms with Crippen molar-refractivity contribution in [2.75, 3.05) is 31.3 Å². The summed E-state index contributed by atoms with van der Waals surface area (Å²) in [6.45, 7) is 1.56. The number of pyridine rings is 1. The van der Waals surface area contributed by atoms with Gasteiger partial charge in [-0.1, -0.05) is 0 Å². The maximum Gasteiger partial charge on any atom is 0.356 e. The molecule has 6 heteroatoms. The number of hydrogen-bond acceptors (Lipinski definition) is 6. The standard InChI is InChI=1S/C14H21N3O3/c1-19-14(18)12-6-5-11(15)13(17-12)16-8-7-10-4-2-3-9-20-10/h5-6,10H,2-4,7-9,15H2,1H3,(H,16,17). The molecular weight excluding hydrogens is 258 g/mol. The van der Waals surface area contributed by atoms with Gasteiger partial charge in [0, 0.05) is 13.2 Å². The van der Waals surface area contributed by atoms with E-state index in [2.05, 4.69) is 15.0 Å². The molecule has 1 fully saturated rings. The molecule has 0 spiro atoms.